The molecule has 0 aliphatic carbocycles. The molecule has 1 aliphatic rings. The van der Waals surface area contributed by atoms with Gasteiger partial charge in [0.25, 0.3) is 0 Å². The van der Waals surface area contributed by atoms with E-state index in [1.165, 1.54) is 0 Å². The molecule has 0 radical (unpaired) electrons. The lowest BCUT2D eigenvalue weighted by molar-refractivity contribution is 0.00925. The first kappa shape index (κ1) is 11.8. The first-order chi connectivity index (χ1) is 7.81. The average molecular weight is 241 g/mol. The smallest absolute Gasteiger partial charge is 0.205 e. The van der Waals surface area contributed by atoms with Crippen molar-refractivity contribution < 1.29 is 4.74 Å². The van der Waals surface area contributed by atoms with Crippen LogP contribution < -0.4 is 5.32 Å². The Kier molecular flexibility index (Phi) is 4.12. The van der Waals surface area contributed by atoms with Crippen molar-refractivity contribution in [1.29, 1.82) is 0 Å². The van der Waals surface area contributed by atoms with E-state index in [-0.39, 0.29) is 0 Å². The number of ether oxygens (including phenoxy) is 1. The van der Waals surface area contributed by atoms with E-state index in [1.54, 1.807) is 11.3 Å². The van der Waals surface area contributed by atoms with E-state index in [2.05, 4.69) is 29.4 Å². The maximum atomic E-state index is 5.65. The van der Waals surface area contributed by atoms with Crippen molar-refractivity contribution in [2.45, 2.75) is 51.7 Å². The molecule has 1 saturated heterocycles. The van der Waals surface area contributed by atoms with Crippen LogP contribution in [0.25, 0.3) is 0 Å². The zero-order valence-electron chi connectivity index (χ0n) is 9.90. The van der Waals surface area contributed by atoms with Gasteiger partial charge >= 0.3 is 0 Å². The summed E-state index contributed by atoms with van der Waals surface area (Å²) in [7, 11) is 0. The third-order valence-electron chi connectivity index (χ3n) is 2.92. The van der Waals surface area contributed by atoms with Crippen molar-refractivity contribution in [2.75, 3.05) is 11.9 Å². The predicted octanol–water partition coefficient (Wildman–Crippen LogP) is 2.47. The standard InChI is InChI=1S/C11H19N3OS/c1-3-9-7-8(5-6-15-9)12-11-14-13-10(4-2)16-11/h8-9H,3-7H2,1-2H3,(H,12,14). The highest BCUT2D eigenvalue weighted by Gasteiger charge is 2.21. The molecule has 2 rings (SSSR count). The van der Waals surface area contributed by atoms with Crippen LogP contribution in [0.4, 0.5) is 5.13 Å². The number of hydrogen-bond acceptors (Lipinski definition) is 5. The molecule has 1 fully saturated rings. The summed E-state index contributed by atoms with van der Waals surface area (Å²) in [5.41, 5.74) is 0. The SMILES string of the molecule is CCc1nnc(NC2CCOC(CC)C2)s1. The minimum atomic E-state index is 0.407. The monoisotopic (exact) mass is 241 g/mol. The summed E-state index contributed by atoms with van der Waals surface area (Å²) in [4.78, 5) is 0. The second-order valence-corrected chi connectivity index (χ2v) is 5.18. The summed E-state index contributed by atoms with van der Waals surface area (Å²) in [5, 5.41) is 13.8. The predicted molar refractivity (Wildman–Crippen MR) is 66.0 cm³/mol. The molecule has 2 atom stereocenters. The topological polar surface area (TPSA) is 47.0 Å². The van der Waals surface area contributed by atoms with Gasteiger partial charge in [0.2, 0.25) is 5.13 Å². The number of rotatable bonds is 4. The van der Waals surface area contributed by atoms with Crippen LogP contribution in [-0.2, 0) is 11.2 Å². The van der Waals surface area contributed by atoms with Crippen LogP contribution >= 0.6 is 11.3 Å². The van der Waals surface area contributed by atoms with Crippen molar-refractivity contribution >= 4 is 16.5 Å². The Labute approximate surface area is 100 Å². The Hall–Kier alpha value is -0.680. The molecule has 1 aromatic rings. The lowest BCUT2D eigenvalue weighted by atomic mass is 10.0. The molecule has 1 aromatic heterocycles. The zero-order chi connectivity index (χ0) is 11.4. The summed E-state index contributed by atoms with van der Waals surface area (Å²) in [6.07, 6.45) is 4.61. The number of hydrogen-bond donors (Lipinski definition) is 1. The molecule has 0 bridgehead atoms. The highest BCUT2D eigenvalue weighted by atomic mass is 32.1. The van der Waals surface area contributed by atoms with Gasteiger partial charge in [-0.1, -0.05) is 25.2 Å². The van der Waals surface area contributed by atoms with Gasteiger partial charge in [0.1, 0.15) is 5.01 Å². The second kappa shape index (κ2) is 5.59. The van der Waals surface area contributed by atoms with Gasteiger partial charge in [0.15, 0.2) is 0 Å². The van der Waals surface area contributed by atoms with Crippen LogP contribution in [0, 0.1) is 0 Å². The Morgan fingerprint density at radius 1 is 1.44 bits per heavy atom. The number of nitrogens with one attached hydrogen (secondary N) is 1. The van der Waals surface area contributed by atoms with Gasteiger partial charge in [0.05, 0.1) is 6.10 Å². The van der Waals surface area contributed by atoms with Gasteiger partial charge in [-0.15, -0.1) is 10.2 Å². The third-order valence-corrected chi connectivity index (χ3v) is 3.92. The number of nitrogens with zero attached hydrogens (tertiary/aromatic N) is 2. The highest BCUT2D eigenvalue weighted by molar-refractivity contribution is 7.15. The molecule has 16 heavy (non-hydrogen) atoms. The fraction of sp³-hybridized carbons (Fsp3) is 0.818. The first-order valence-corrected chi connectivity index (χ1v) is 6.84. The van der Waals surface area contributed by atoms with E-state index in [0.717, 1.165) is 42.4 Å². The molecule has 0 amide bonds. The van der Waals surface area contributed by atoms with Crippen LogP contribution in [0.15, 0.2) is 0 Å². The third kappa shape index (κ3) is 2.92. The molecule has 5 heteroatoms. The first-order valence-electron chi connectivity index (χ1n) is 6.02. The fourth-order valence-electron chi connectivity index (χ4n) is 1.93. The van der Waals surface area contributed by atoms with Gasteiger partial charge < -0.3 is 10.1 Å². The molecule has 2 unspecified atom stereocenters. The van der Waals surface area contributed by atoms with Crippen LogP contribution in [0.1, 0.15) is 38.1 Å². The lowest BCUT2D eigenvalue weighted by Gasteiger charge is -2.29. The molecular weight excluding hydrogens is 222 g/mol. The minimum Gasteiger partial charge on any atom is -0.378 e. The van der Waals surface area contributed by atoms with E-state index in [1.807, 2.05) is 0 Å². The van der Waals surface area contributed by atoms with Gasteiger partial charge in [-0.25, -0.2) is 0 Å². The summed E-state index contributed by atoms with van der Waals surface area (Å²) in [6.45, 7) is 5.13. The maximum absolute atomic E-state index is 5.65. The molecule has 4 nitrogen and oxygen atoms in total. The van der Waals surface area contributed by atoms with Crippen molar-refractivity contribution in [3.8, 4) is 0 Å². The number of aromatic nitrogens is 2. The summed E-state index contributed by atoms with van der Waals surface area (Å²) in [5.74, 6) is 0. The van der Waals surface area contributed by atoms with Crippen molar-refractivity contribution in [2.24, 2.45) is 0 Å². The summed E-state index contributed by atoms with van der Waals surface area (Å²) >= 11 is 1.66. The summed E-state index contributed by atoms with van der Waals surface area (Å²) < 4.78 is 5.65. The summed E-state index contributed by atoms with van der Waals surface area (Å²) in [6, 6.07) is 0.497. The van der Waals surface area contributed by atoms with Gasteiger partial charge in [-0.05, 0) is 25.7 Å². The number of anilines is 1. The van der Waals surface area contributed by atoms with Crippen molar-refractivity contribution in [1.82, 2.24) is 10.2 Å². The van der Waals surface area contributed by atoms with Crippen LogP contribution in [0.5, 0.6) is 0 Å². The minimum absolute atomic E-state index is 0.407. The highest BCUT2D eigenvalue weighted by Crippen LogP contribution is 2.22. The van der Waals surface area contributed by atoms with E-state index in [0.29, 0.717) is 12.1 Å². The van der Waals surface area contributed by atoms with E-state index in [4.69, 9.17) is 4.74 Å². The Balaban J connectivity index is 1.88. The lowest BCUT2D eigenvalue weighted by Crippen LogP contribution is -2.33. The normalized spacial score (nSPS) is 25.6. The Bertz CT molecular complexity index is 329. The molecular formula is C11H19N3OS. The van der Waals surface area contributed by atoms with Crippen LogP contribution in [-0.4, -0.2) is 29.0 Å². The van der Waals surface area contributed by atoms with Gasteiger partial charge in [-0.2, -0.15) is 0 Å². The van der Waals surface area contributed by atoms with Gasteiger partial charge in [-0.3, -0.25) is 0 Å². The maximum Gasteiger partial charge on any atom is 0.205 e. The molecule has 1 aliphatic heterocycles. The Morgan fingerprint density at radius 2 is 2.31 bits per heavy atom. The number of aryl methyl sites for hydroxylation is 1. The van der Waals surface area contributed by atoms with Crippen LogP contribution in [0.3, 0.4) is 0 Å². The Morgan fingerprint density at radius 3 is 3.00 bits per heavy atom. The average Bonchev–Trinajstić information content (AvgIpc) is 2.77. The molecule has 90 valence electrons. The fourth-order valence-corrected chi connectivity index (χ4v) is 2.68. The molecule has 0 aromatic carbocycles. The molecule has 2 heterocycles. The molecule has 1 N–H and O–H groups in total. The molecule has 0 spiro atoms. The van der Waals surface area contributed by atoms with Crippen molar-refractivity contribution in [3.63, 3.8) is 0 Å². The second-order valence-electron chi connectivity index (χ2n) is 4.12. The van der Waals surface area contributed by atoms with Gasteiger partial charge in [0, 0.05) is 12.6 Å². The zero-order valence-corrected chi connectivity index (χ0v) is 10.7. The van der Waals surface area contributed by atoms with E-state index in [9.17, 15) is 0 Å². The quantitative estimate of drug-likeness (QED) is 0.879. The molecule has 0 saturated carbocycles. The van der Waals surface area contributed by atoms with Crippen molar-refractivity contribution in [3.05, 3.63) is 5.01 Å². The van der Waals surface area contributed by atoms with Crippen LogP contribution in [0.2, 0.25) is 0 Å². The van der Waals surface area contributed by atoms with E-state index >= 15 is 0 Å². The largest absolute Gasteiger partial charge is 0.378 e. The van der Waals surface area contributed by atoms with E-state index < -0.39 is 0 Å².